The molecule has 6 heavy (non-hydrogen) atoms. The lowest BCUT2D eigenvalue weighted by molar-refractivity contribution is 1.41. The molecule has 0 saturated heterocycles. The first-order valence-electron chi connectivity index (χ1n) is 2.27. The molecular weight excluding hydrogens is 102 g/mol. The molecule has 0 nitrogen and oxygen atoms in total. The maximum atomic E-state index is 2.36. The third-order valence-electron chi connectivity index (χ3n) is 0.816. The van der Waals surface area contributed by atoms with Gasteiger partial charge >= 0.3 is 0 Å². The van der Waals surface area contributed by atoms with Crippen LogP contribution in [0.5, 0.6) is 0 Å². The second-order valence-corrected chi connectivity index (χ2v) is 5.41. The Hall–Kier alpha value is 1.06. The average molecular weight is 116 g/mol. The summed E-state index contributed by atoms with van der Waals surface area (Å²) in [5, 5.41) is 1.44. The fourth-order valence-corrected chi connectivity index (χ4v) is 0. The van der Waals surface area contributed by atoms with Gasteiger partial charge in [0.15, 0.2) is 17.4 Å². The molecule has 0 aliphatic carbocycles. The number of hydrogen-bond donors (Lipinski definition) is 0. The lowest BCUT2D eigenvalue weighted by Crippen LogP contribution is -1.92. The minimum Gasteiger partial charge on any atom is -0.106 e. The summed E-state index contributed by atoms with van der Waals surface area (Å²) in [6.45, 7) is 2.26. The van der Waals surface area contributed by atoms with E-state index in [1.165, 1.54) is 5.28 Å². The molecule has 36 valence electrons. The molecule has 0 radical (unpaired) electrons. The van der Waals surface area contributed by atoms with E-state index in [0.717, 1.165) is 0 Å². The van der Waals surface area contributed by atoms with Gasteiger partial charge < -0.3 is 0 Å². The summed E-state index contributed by atoms with van der Waals surface area (Å²) < 4.78 is 0. The van der Waals surface area contributed by atoms with Gasteiger partial charge in [-0.05, 0) is 0 Å². The Labute approximate surface area is 55.5 Å². The summed E-state index contributed by atoms with van der Waals surface area (Å²) in [5.74, 6) is 4.72. The van der Waals surface area contributed by atoms with Gasteiger partial charge in [0, 0.05) is 0 Å². The van der Waals surface area contributed by atoms with Gasteiger partial charge in [-0.15, -0.1) is 11.6 Å². The highest BCUT2D eigenvalue weighted by atomic mass is 27.2. The van der Waals surface area contributed by atoms with Crippen LogP contribution in [0.25, 0.3) is 0 Å². The van der Waals surface area contributed by atoms with Crippen LogP contribution >= 0.6 is 0 Å². The molecule has 0 aliphatic rings. The van der Waals surface area contributed by atoms with E-state index < -0.39 is 0 Å². The molecule has 0 aromatic rings. The molecule has 0 amide bonds. The van der Waals surface area contributed by atoms with E-state index in [1.54, 1.807) is 0 Å². The molecule has 0 N–H and O–H groups in total. The maximum Gasteiger partial charge on any atom is 0.254 e. The van der Waals surface area contributed by atoms with Crippen LogP contribution in [0.4, 0.5) is 0 Å². The van der Waals surface area contributed by atoms with Crippen LogP contribution in [0.3, 0.4) is 0 Å². The molecule has 0 aliphatic heterocycles. The highest BCUT2D eigenvalue weighted by Gasteiger charge is 1.91. The van der Waals surface area contributed by atoms with Gasteiger partial charge in [-0.3, -0.25) is 0 Å². The molecule has 2 heteroatoms. The van der Waals surface area contributed by atoms with Crippen LogP contribution in [0.2, 0.25) is 16.9 Å². The second kappa shape index (κ2) is 6.06. The Balaban J connectivity index is 0. The zero-order chi connectivity index (χ0) is 4.28. The van der Waals surface area contributed by atoms with Crippen molar-refractivity contribution in [3.63, 3.8) is 0 Å². The van der Waals surface area contributed by atoms with Gasteiger partial charge in [-0.2, -0.15) is 0 Å². The third kappa shape index (κ3) is 8.91. The smallest absolute Gasteiger partial charge is 0.106 e. The molecular formula is C4H14Al2. The summed E-state index contributed by atoms with van der Waals surface area (Å²) in [7, 11) is 0. The molecule has 0 rings (SSSR count). The molecule has 0 aromatic heterocycles. The Morgan fingerprint density at radius 2 is 1.50 bits per heavy atom. The van der Waals surface area contributed by atoms with Crippen molar-refractivity contribution in [1.29, 1.82) is 0 Å². The van der Waals surface area contributed by atoms with Gasteiger partial charge in [-0.1, -0.05) is 12.2 Å². The second-order valence-electron chi connectivity index (χ2n) is 1.80. The van der Waals surface area contributed by atoms with E-state index in [1.807, 2.05) is 0 Å². The van der Waals surface area contributed by atoms with E-state index >= 15 is 0 Å². The van der Waals surface area contributed by atoms with Gasteiger partial charge in [-0.25, -0.2) is 0 Å². The van der Waals surface area contributed by atoms with Crippen LogP contribution in [-0.4, -0.2) is 31.5 Å². The van der Waals surface area contributed by atoms with Crippen molar-refractivity contribution in [2.24, 2.45) is 0 Å². The van der Waals surface area contributed by atoms with E-state index in [9.17, 15) is 0 Å². The van der Waals surface area contributed by atoms with Crippen LogP contribution < -0.4 is 0 Å². The molecule has 0 bridgehead atoms. The molecule has 0 spiro atoms. The van der Waals surface area contributed by atoms with E-state index in [-0.39, 0.29) is 31.5 Å². The summed E-state index contributed by atoms with van der Waals surface area (Å²) in [4.78, 5) is 0. The summed E-state index contributed by atoms with van der Waals surface area (Å²) in [5.41, 5.74) is 0. The van der Waals surface area contributed by atoms with Crippen molar-refractivity contribution in [2.45, 2.75) is 23.8 Å². The SMILES string of the molecule is C[CH2][Al]([CH3])[CH3].[AlH3]. The maximum absolute atomic E-state index is 2.36. The number of hydrogen-bond acceptors (Lipinski definition) is 0. The van der Waals surface area contributed by atoms with E-state index in [0.29, 0.717) is 0 Å². The van der Waals surface area contributed by atoms with Crippen molar-refractivity contribution in [1.82, 2.24) is 0 Å². The van der Waals surface area contributed by atoms with Gasteiger partial charge in [0.05, 0.1) is 0 Å². The summed E-state index contributed by atoms with van der Waals surface area (Å²) in [6, 6.07) is 0. The molecule has 0 saturated carbocycles. The van der Waals surface area contributed by atoms with Crippen LogP contribution in [0.1, 0.15) is 6.92 Å². The normalized spacial score (nSPS) is 6.50. The van der Waals surface area contributed by atoms with Crippen LogP contribution in [-0.2, 0) is 0 Å². The van der Waals surface area contributed by atoms with Crippen LogP contribution in [0, 0.1) is 0 Å². The summed E-state index contributed by atoms with van der Waals surface area (Å²) in [6.07, 6.45) is 0. The van der Waals surface area contributed by atoms with Crippen molar-refractivity contribution in [3.05, 3.63) is 0 Å². The Morgan fingerprint density at radius 3 is 1.50 bits per heavy atom. The zero-order valence-corrected chi connectivity index (χ0v) is 5.44. The molecule has 0 heterocycles. The topological polar surface area (TPSA) is 0 Å². The highest BCUT2D eigenvalue weighted by molar-refractivity contribution is 6.55. The summed E-state index contributed by atoms with van der Waals surface area (Å²) >= 11 is -0.150. The van der Waals surface area contributed by atoms with E-state index in [2.05, 4.69) is 18.5 Å². The monoisotopic (exact) mass is 116 g/mol. The zero-order valence-electron chi connectivity index (χ0n) is 4.28. The lowest BCUT2D eigenvalue weighted by Gasteiger charge is -1.81. The third-order valence-corrected chi connectivity index (χ3v) is 2.45. The Kier molecular flexibility index (Phi) is 10.2. The molecule has 0 unspecified atom stereocenters. The first-order valence-corrected chi connectivity index (χ1v) is 5.40. The molecule has 0 fully saturated rings. The van der Waals surface area contributed by atoms with Crippen molar-refractivity contribution < 1.29 is 0 Å². The van der Waals surface area contributed by atoms with Crippen molar-refractivity contribution in [2.75, 3.05) is 0 Å². The fraction of sp³-hybridized carbons (Fsp3) is 1.00. The average Bonchev–Trinajstić information content (AvgIpc) is 1.38. The van der Waals surface area contributed by atoms with Gasteiger partial charge in [0.1, 0.15) is 0 Å². The Bertz CT molecular complexity index is 19.5. The van der Waals surface area contributed by atoms with Gasteiger partial charge in [0.2, 0.25) is 0 Å². The predicted octanol–water partition coefficient (Wildman–Crippen LogP) is 0.577. The number of rotatable bonds is 1. The largest absolute Gasteiger partial charge is 0.254 e. The predicted molar refractivity (Wildman–Crippen MR) is 37.9 cm³/mol. The first kappa shape index (κ1) is 10.1. The van der Waals surface area contributed by atoms with Crippen molar-refractivity contribution >= 4 is 31.5 Å². The standard InChI is InChI=1S/C2H5.2CH3.2Al.3H/c1-2;;;;;;;/h1H2,2H3;2*1H3;;;;;. The van der Waals surface area contributed by atoms with Gasteiger partial charge in [0.25, 0.3) is 14.1 Å². The minimum atomic E-state index is -0.150. The molecule has 0 aromatic carbocycles. The van der Waals surface area contributed by atoms with Crippen molar-refractivity contribution in [3.8, 4) is 0 Å². The first-order chi connectivity index (χ1) is 2.27. The minimum absolute atomic E-state index is 0. The quantitative estimate of drug-likeness (QED) is 0.439. The highest BCUT2D eigenvalue weighted by Crippen LogP contribution is 1.83. The van der Waals surface area contributed by atoms with E-state index in [4.69, 9.17) is 0 Å². The fourth-order valence-electron chi connectivity index (χ4n) is 0. The Morgan fingerprint density at radius 1 is 1.33 bits per heavy atom. The lowest BCUT2D eigenvalue weighted by atomic mass is 11.0. The van der Waals surface area contributed by atoms with Crippen LogP contribution in [0.15, 0.2) is 0 Å². The molecule has 0 atom stereocenters.